The van der Waals surface area contributed by atoms with Crippen molar-refractivity contribution in [3.05, 3.63) is 29.8 Å². The van der Waals surface area contributed by atoms with E-state index >= 15 is 0 Å². The summed E-state index contributed by atoms with van der Waals surface area (Å²) in [6, 6.07) is 8.75. The quantitative estimate of drug-likeness (QED) is 0.603. The first-order chi connectivity index (χ1) is 4.88. The molecule has 0 N–H and O–H groups in total. The van der Waals surface area contributed by atoms with Crippen LogP contribution in [0.3, 0.4) is 0 Å². The van der Waals surface area contributed by atoms with Gasteiger partial charge in [0.25, 0.3) is 0 Å². The van der Waals surface area contributed by atoms with E-state index in [0.29, 0.717) is 0 Å². The van der Waals surface area contributed by atoms with Gasteiger partial charge in [-0.1, -0.05) is 19.1 Å². The van der Waals surface area contributed by atoms with Crippen molar-refractivity contribution < 1.29 is 4.74 Å². The fraction of sp³-hybridized carbons (Fsp3) is 0.333. The van der Waals surface area contributed by atoms with E-state index in [1.165, 1.54) is 5.56 Å². The van der Waals surface area contributed by atoms with E-state index in [0.717, 1.165) is 12.2 Å². The van der Waals surface area contributed by atoms with Crippen molar-refractivity contribution in [3.63, 3.8) is 0 Å². The molecule has 0 saturated carbocycles. The van der Waals surface area contributed by atoms with E-state index in [-0.39, 0.29) is 0 Å². The summed E-state index contributed by atoms with van der Waals surface area (Å²) in [6.45, 7) is 2.11. The first-order valence-electron chi connectivity index (χ1n) is 3.41. The lowest BCUT2D eigenvalue weighted by molar-refractivity contribution is 0.410. The molecule has 1 aromatic rings. The Balaban J connectivity index is 2.96. The maximum Gasteiger partial charge on any atom is 0.122 e. The fourth-order valence-electron chi connectivity index (χ4n) is 0.929. The van der Waals surface area contributed by atoms with Crippen molar-refractivity contribution >= 4 is 0 Å². The number of ether oxygens (including phenoxy) is 1. The van der Waals surface area contributed by atoms with Crippen LogP contribution in [0.1, 0.15) is 12.5 Å². The molecule has 0 saturated heterocycles. The third kappa shape index (κ3) is 1.29. The molecule has 53 valence electrons. The molecule has 0 bridgehead atoms. The zero-order chi connectivity index (χ0) is 7.40. The number of benzene rings is 1. The van der Waals surface area contributed by atoms with Crippen LogP contribution >= 0.6 is 0 Å². The van der Waals surface area contributed by atoms with Crippen LogP contribution in [0.4, 0.5) is 0 Å². The Labute approximate surface area is 61.6 Å². The highest BCUT2D eigenvalue weighted by atomic mass is 16.5. The highest BCUT2D eigenvalue weighted by Gasteiger charge is 1.95. The lowest BCUT2D eigenvalue weighted by Crippen LogP contribution is -1.88. The van der Waals surface area contributed by atoms with Gasteiger partial charge in [0.1, 0.15) is 5.75 Å². The van der Waals surface area contributed by atoms with E-state index in [2.05, 4.69) is 13.0 Å². The van der Waals surface area contributed by atoms with E-state index in [9.17, 15) is 0 Å². The van der Waals surface area contributed by atoms with Crippen molar-refractivity contribution in [2.24, 2.45) is 0 Å². The van der Waals surface area contributed by atoms with Gasteiger partial charge in [0.15, 0.2) is 0 Å². The van der Waals surface area contributed by atoms with Crippen molar-refractivity contribution in [2.45, 2.75) is 13.3 Å². The Morgan fingerprint density at radius 2 is 2.40 bits per heavy atom. The molecule has 0 aliphatic rings. The van der Waals surface area contributed by atoms with Crippen molar-refractivity contribution in [3.8, 4) is 5.75 Å². The number of methoxy groups -OCH3 is 1. The van der Waals surface area contributed by atoms with Gasteiger partial charge in [-0.25, -0.2) is 0 Å². The molecule has 0 spiro atoms. The van der Waals surface area contributed by atoms with Gasteiger partial charge in [-0.2, -0.15) is 0 Å². The first kappa shape index (κ1) is 7.13. The molecule has 1 aromatic carbocycles. The molecule has 0 fully saturated rings. The van der Waals surface area contributed by atoms with E-state index in [4.69, 9.17) is 4.74 Å². The van der Waals surface area contributed by atoms with E-state index in [1.54, 1.807) is 7.11 Å². The van der Waals surface area contributed by atoms with Gasteiger partial charge in [-0.3, -0.25) is 0 Å². The Kier molecular flexibility index (Phi) is 2.32. The van der Waals surface area contributed by atoms with Crippen molar-refractivity contribution in [2.75, 3.05) is 7.11 Å². The average molecular weight is 135 g/mol. The second-order valence-electron chi connectivity index (χ2n) is 2.09. The molecule has 1 rings (SSSR count). The van der Waals surface area contributed by atoms with Crippen LogP contribution in [0.5, 0.6) is 5.75 Å². The topological polar surface area (TPSA) is 9.23 Å². The minimum absolute atomic E-state index is 0.935. The molecule has 1 nitrogen and oxygen atoms in total. The SMILES string of the molecule is CCc1cc[c]cc1OC. The van der Waals surface area contributed by atoms with Crippen LogP contribution < -0.4 is 4.74 Å². The first-order valence-corrected chi connectivity index (χ1v) is 3.41. The fourth-order valence-corrected chi connectivity index (χ4v) is 0.929. The maximum absolute atomic E-state index is 5.10. The summed E-state index contributed by atoms with van der Waals surface area (Å²) < 4.78 is 5.10. The predicted molar refractivity (Wildman–Crippen MR) is 41.2 cm³/mol. The van der Waals surface area contributed by atoms with Gasteiger partial charge in [0.05, 0.1) is 7.11 Å². The van der Waals surface area contributed by atoms with Crippen LogP contribution in [-0.4, -0.2) is 7.11 Å². The minimum Gasteiger partial charge on any atom is -0.496 e. The smallest absolute Gasteiger partial charge is 0.122 e. The van der Waals surface area contributed by atoms with Gasteiger partial charge in [-0.15, -0.1) is 0 Å². The average Bonchev–Trinajstić information content (AvgIpc) is 2.04. The normalized spacial score (nSPS) is 9.40. The lowest BCUT2D eigenvalue weighted by atomic mass is 10.1. The highest BCUT2D eigenvalue weighted by molar-refractivity contribution is 5.32. The van der Waals surface area contributed by atoms with E-state index < -0.39 is 0 Å². The molecule has 0 heterocycles. The summed E-state index contributed by atoms with van der Waals surface area (Å²) in [6.07, 6.45) is 1.01. The van der Waals surface area contributed by atoms with Crippen LogP contribution in [0.15, 0.2) is 18.2 Å². The van der Waals surface area contributed by atoms with Gasteiger partial charge < -0.3 is 4.74 Å². The molecule has 1 heteroatoms. The van der Waals surface area contributed by atoms with Crippen molar-refractivity contribution in [1.82, 2.24) is 0 Å². The van der Waals surface area contributed by atoms with Crippen LogP contribution in [0.2, 0.25) is 0 Å². The third-order valence-electron chi connectivity index (χ3n) is 1.51. The molecule has 0 aliphatic carbocycles. The molecular formula is C9H11O. The molecule has 0 aliphatic heterocycles. The zero-order valence-electron chi connectivity index (χ0n) is 6.35. The summed E-state index contributed by atoms with van der Waals surface area (Å²) in [7, 11) is 1.68. The molecule has 0 amide bonds. The number of hydrogen-bond acceptors (Lipinski definition) is 1. The van der Waals surface area contributed by atoms with Gasteiger partial charge in [0, 0.05) is 0 Å². The largest absolute Gasteiger partial charge is 0.496 e. The Morgan fingerprint density at radius 3 is 2.90 bits per heavy atom. The summed E-state index contributed by atoms with van der Waals surface area (Å²) in [4.78, 5) is 0. The highest BCUT2D eigenvalue weighted by Crippen LogP contribution is 2.16. The Morgan fingerprint density at radius 1 is 1.60 bits per heavy atom. The second-order valence-corrected chi connectivity index (χ2v) is 2.09. The number of rotatable bonds is 2. The maximum atomic E-state index is 5.10. The monoisotopic (exact) mass is 135 g/mol. The van der Waals surface area contributed by atoms with Gasteiger partial charge in [-0.05, 0) is 24.1 Å². The van der Waals surface area contributed by atoms with Gasteiger partial charge >= 0.3 is 0 Å². The van der Waals surface area contributed by atoms with Crippen LogP contribution in [-0.2, 0) is 6.42 Å². The number of aryl methyl sites for hydroxylation is 1. The standard InChI is InChI=1S/C9H11O/c1-3-8-6-4-5-7-9(8)10-2/h4,6-7H,3H2,1-2H3. The summed E-state index contributed by atoms with van der Waals surface area (Å²) in [5.74, 6) is 0.935. The summed E-state index contributed by atoms with van der Waals surface area (Å²) >= 11 is 0. The molecule has 0 aromatic heterocycles. The van der Waals surface area contributed by atoms with Crippen LogP contribution in [0.25, 0.3) is 0 Å². The molecule has 10 heavy (non-hydrogen) atoms. The zero-order valence-corrected chi connectivity index (χ0v) is 6.35. The van der Waals surface area contributed by atoms with E-state index in [1.807, 2.05) is 18.2 Å². The minimum atomic E-state index is 0.935. The molecule has 0 atom stereocenters. The summed E-state index contributed by atoms with van der Waals surface area (Å²) in [5.41, 5.74) is 1.24. The third-order valence-corrected chi connectivity index (χ3v) is 1.51. The Bertz CT molecular complexity index is 183. The molecule has 0 unspecified atom stereocenters. The molecule has 1 radical (unpaired) electrons. The lowest BCUT2D eigenvalue weighted by Gasteiger charge is -2.03. The number of hydrogen-bond donors (Lipinski definition) is 0. The Hall–Kier alpha value is -0.980. The van der Waals surface area contributed by atoms with Gasteiger partial charge in [0.2, 0.25) is 0 Å². The van der Waals surface area contributed by atoms with Crippen LogP contribution in [0, 0.1) is 6.07 Å². The molecular weight excluding hydrogens is 124 g/mol. The second kappa shape index (κ2) is 3.25. The predicted octanol–water partition coefficient (Wildman–Crippen LogP) is 2.06. The summed E-state index contributed by atoms with van der Waals surface area (Å²) in [5, 5.41) is 0. The van der Waals surface area contributed by atoms with Crippen molar-refractivity contribution in [1.29, 1.82) is 0 Å².